The van der Waals surface area contributed by atoms with Crippen LogP contribution in [0.25, 0.3) is 0 Å². The summed E-state index contributed by atoms with van der Waals surface area (Å²) in [6.07, 6.45) is 6.56. The van der Waals surface area contributed by atoms with Crippen LogP contribution in [0.4, 0.5) is 5.69 Å². The van der Waals surface area contributed by atoms with Crippen molar-refractivity contribution < 1.29 is 19.1 Å². The Bertz CT molecular complexity index is 827. The van der Waals surface area contributed by atoms with Gasteiger partial charge in [0.1, 0.15) is 5.75 Å². The number of allylic oxidation sites excluding steroid dienone is 2. The van der Waals surface area contributed by atoms with Crippen LogP contribution in [0.1, 0.15) is 45.4 Å². The second kappa shape index (κ2) is 6.04. The highest BCUT2D eigenvalue weighted by molar-refractivity contribution is 6.22. The van der Waals surface area contributed by atoms with E-state index in [1.807, 2.05) is 0 Å². The first-order valence-corrected chi connectivity index (χ1v) is 9.94. The lowest BCUT2D eigenvalue weighted by Crippen LogP contribution is -2.35. The molecule has 3 fully saturated rings. The van der Waals surface area contributed by atoms with Gasteiger partial charge in [0.15, 0.2) is 0 Å². The molecule has 4 atom stereocenters. The van der Waals surface area contributed by atoms with Crippen molar-refractivity contribution in [3.8, 4) is 5.75 Å². The van der Waals surface area contributed by atoms with Gasteiger partial charge in [-0.05, 0) is 74.6 Å². The number of carbonyl (C=O) groups is 3. The maximum Gasteiger partial charge on any atom is 0.308 e. The average molecular weight is 365 g/mol. The van der Waals surface area contributed by atoms with Gasteiger partial charge >= 0.3 is 5.97 Å². The summed E-state index contributed by atoms with van der Waals surface area (Å²) in [6, 6.07) is 6.67. The number of esters is 1. The van der Waals surface area contributed by atoms with E-state index in [0.717, 1.165) is 38.5 Å². The van der Waals surface area contributed by atoms with Crippen LogP contribution in [0.3, 0.4) is 0 Å². The number of carbonyl (C=O) groups excluding carboxylic acids is 3. The Kier molecular flexibility index (Phi) is 3.74. The number of fused-ring (bicyclic) bond motifs is 5. The van der Waals surface area contributed by atoms with Crippen LogP contribution in [0.2, 0.25) is 0 Å². The van der Waals surface area contributed by atoms with Gasteiger partial charge in [-0.1, -0.05) is 11.1 Å². The molecule has 0 spiro atoms. The molecule has 5 nitrogen and oxygen atoms in total. The number of benzene rings is 1. The van der Waals surface area contributed by atoms with Gasteiger partial charge in [0.05, 0.1) is 17.5 Å². The molecule has 0 radical (unpaired) electrons. The van der Waals surface area contributed by atoms with Crippen LogP contribution < -0.4 is 9.64 Å². The van der Waals surface area contributed by atoms with Gasteiger partial charge in [-0.2, -0.15) is 0 Å². The lowest BCUT2D eigenvalue weighted by Gasteiger charge is -2.34. The molecular weight excluding hydrogens is 342 g/mol. The lowest BCUT2D eigenvalue weighted by atomic mass is 9.66. The number of amides is 2. The first-order chi connectivity index (χ1) is 13.1. The molecule has 140 valence electrons. The quantitative estimate of drug-likeness (QED) is 0.347. The van der Waals surface area contributed by atoms with E-state index in [1.165, 1.54) is 23.0 Å². The predicted molar refractivity (Wildman–Crippen MR) is 98.9 cm³/mol. The molecule has 2 saturated carbocycles. The van der Waals surface area contributed by atoms with E-state index in [4.69, 9.17) is 4.74 Å². The molecule has 5 rings (SSSR count). The highest BCUT2D eigenvalue weighted by Gasteiger charge is 2.59. The maximum atomic E-state index is 13.3. The fourth-order valence-electron chi connectivity index (χ4n) is 5.98. The zero-order valence-corrected chi connectivity index (χ0v) is 15.4. The van der Waals surface area contributed by atoms with E-state index in [1.54, 1.807) is 24.3 Å². The van der Waals surface area contributed by atoms with Gasteiger partial charge in [0, 0.05) is 6.92 Å². The van der Waals surface area contributed by atoms with Gasteiger partial charge in [0.25, 0.3) is 0 Å². The van der Waals surface area contributed by atoms with E-state index in [2.05, 4.69) is 0 Å². The molecule has 3 aliphatic carbocycles. The molecule has 0 bridgehead atoms. The molecule has 1 saturated heterocycles. The van der Waals surface area contributed by atoms with Crippen LogP contribution in [-0.2, 0) is 14.4 Å². The number of rotatable bonds is 2. The number of hydrogen-bond acceptors (Lipinski definition) is 4. The monoisotopic (exact) mass is 365 g/mol. The average Bonchev–Trinajstić information content (AvgIpc) is 3.33. The van der Waals surface area contributed by atoms with Crippen molar-refractivity contribution in [2.75, 3.05) is 4.90 Å². The van der Waals surface area contributed by atoms with E-state index in [0.29, 0.717) is 11.4 Å². The number of hydrogen-bond donors (Lipinski definition) is 0. The van der Waals surface area contributed by atoms with Crippen molar-refractivity contribution in [1.29, 1.82) is 0 Å². The van der Waals surface area contributed by atoms with Crippen molar-refractivity contribution in [1.82, 2.24) is 0 Å². The third kappa shape index (κ3) is 2.40. The van der Waals surface area contributed by atoms with Crippen LogP contribution >= 0.6 is 0 Å². The smallest absolute Gasteiger partial charge is 0.308 e. The Morgan fingerprint density at radius 1 is 0.926 bits per heavy atom. The molecule has 0 aromatic heterocycles. The SMILES string of the molecule is CC(=O)Oc1ccc(N2C(=O)[C@@H]3[C@@H](C2=O)[C@H]2CCCC2=C2CCC[C@@H]23)cc1. The van der Waals surface area contributed by atoms with E-state index in [9.17, 15) is 14.4 Å². The normalized spacial score (nSPS) is 31.8. The zero-order chi connectivity index (χ0) is 18.7. The van der Waals surface area contributed by atoms with Crippen molar-refractivity contribution in [3.63, 3.8) is 0 Å². The molecule has 2 amide bonds. The van der Waals surface area contributed by atoms with Crippen molar-refractivity contribution >= 4 is 23.5 Å². The molecule has 5 heteroatoms. The predicted octanol–water partition coefficient (Wildman–Crippen LogP) is 3.63. The van der Waals surface area contributed by atoms with Gasteiger partial charge < -0.3 is 4.74 Å². The summed E-state index contributed by atoms with van der Waals surface area (Å²) in [4.78, 5) is 39.2. The zero-order valence-electron chi connectivity index (χ0n) is 15.4. The number of nitrogens with zero attached hydrogens (tertiary/aromatic N) is 1. The summed E-state index contributed by atoms with van der Waals surface area (Å²) in [7, 11) is 0. The summed E-state index contributed by atoms with van der Waals surface area (Å²) in [5.74, 6) is 0.102. The molecule has 1 aliphatic heterocycles. The number of imide groups is 1. The third-order valence-corrected chi connectivity index (χ3v) is 6.85. The molecule has 1 aromatic carbocycles. The van der Waals surface area contributed by atoms with Crippen LogP contribution in [-0.4, -0.2) is 17.8 Å². The molecular formula is C22H23NO4. The maximum absolute atomic E-state index is 13.3. The molecule has 4 aliphatic rings. The minimum atomic E-state index is -0.393. The van der Waals surface area contributed by atoms with Crippen molar-refractivity contribution in [2.24, 2.45) is 23.7 Å². The Balaban J connectivity index is 1.50. The van der Waals surface area contributed by atoms with E-state index >= 15 is 0 Å². The highest BCUT2D eigenvalue weighted by atomic mass is 16.5. The topological polar surface area (TPSA) is 63.7 Å². The van der Waals surface area contributed by atoms with Crippen molar-refractivity contribution in [3.05, 3.63) is 35.4 Å². The second-order valence-electron chi connectivity index (χ2n) is 8.20. The fraction of sp³-hybridized carbons (Fsp3) is 0.500. The fourth-order valence-corrected chi connectivity index (χ4v) is 5.98. The van der Waals surface area contributed by atoms with E-state index in [-0.39, 0.29) is 35.5 Å². The molecule has 1 heterocycles. The lowest BCUT2D eigenvalue weighted by molar-refractivity contribution is -0.132. The Morgan fingerprint density at radius 2 is 1.44 bits per heavy atom. The number of ether oxygens (including phenoxy) is 1. The van der Waals surface area contributed by atoms with Crippen LogP contribution in [0.15, 0.2) is 35.4 Å². The molecule has 27 heavy (non-hydrogen) atoms. The van der Waals surface area contributed by atoms with Gasteiger partial charge in [0.2, 0.25) is 11.8 Å². The Morgan fingerprint density at radius 3 is 1.93 bits per heavy atom. The first kappa shape index (κ1) is 16.7. The third-order valence-electron chi connectivity index (χ3n) is 6.85. The van der Waals surface area contributed by atoms with Crippen LogP contribution in [0, 0.1) is 23.7 Å². The van der Waals surface area contributed by atoms with Gasteiger partial charge in [-0.25, -0.2) is 0 Å². The van der Waals surface area contributed by atoms with Gasteiger partial charge in [-0.15, -0.1) is 0 Å². The molecule has 0 N–H and O–H groups in total. The second-order valence-corrected chi connectivity index (χ2v) is 8.20. The summed E-state index contributed by atoms with van der Waals surface area (Å²) in [6.45, 7) is 1.34. The number of anilines is 1. The minimum Gasteiger partial charge on any atom is -0.427 e. The van der Waals surface area contributed by atoms with E-state index < -0.39 is 5.97 Å². The standard InChI is InChI=1S/C22H23NO4/c1-12(24)27-14-10-8-13(9-11-14)23-21(25)19-17-6-2-4-15(17)16-5-3-7-18(16)20(19)22(23)26/h8-11,17-20H,2-7H2,1H3/t17-,18-,19-,20-/m0/s1. The van der Waals surface area contributed by atoms with Crippen molar-refractivity contribution in [2.45, 2.75) is 45.4 Å². The Hall–Kier alpha value is -2.43. The Labute approximate surface area is 158 Å². The summed E-state index contributed by atoms with van der Waals surface area (Å²) in [5, 5.41) is 0. The van der Waals surface area contributed by atoms with Crippen LogP contribution in [0.5, 0.6) is 5.75 Å². The molecule has 1 aromatic rings. The molecule has 0 unspecified atom stereocenters. The summed E-state index contributed by atoms with van der Waals surface area (Å²) >= 11 is 0. The minimum absolute atomic E-state index is 0.0411. The summed E-state index contributed by atoms with van der Waals surface area (Å²) < 4.78 is 5.06. The first-order valence-electron chi connectivity index (χ1n) is 9.94. The van der Waals surface area contributed by atoms with Gasteiger partial charge in [-0.3, -0.25) is 19.3 Å². The highest BCUT2D eigenvalue weighted by Crippen LogP contribution is 2.57. The summed E-state index contributed by atoms with van der Waals surface area (Å²) in [5.41, 5.74) is 3.59. The largest absolute Gasteiger partial charge is 0.427 e.